The molecule has 1 rings (SSSR count). The van der Waals surface area contributed by atoms with Gasteiger partial charge in [0.25, 0.3) is 0 Å². The first kappa shape index (κ1) is 10.8. The summed E-state index contributed by atoms with van der Waals surface area (Å²) >= 11 is 0. The molecule has 1 aromatic rings. The van der Waals surface area contributed by atoms with Gasteiger partial charge in [-0.25, -0.2) is 9.13 Å². The fourth-order valence-corrected chi connectivity index (χ4v) is 1.35. The van der Waals surface area contributed by atoms with Crippen LogP contribution >= 0.6 is 0 Å². The van der Waals surface area contributed by atoms with Crippen molar-refractivity contribution in [2.45, 2.75) is 31.9 Å². The topological polar surface area (TPSA) is 29.0 Å². The van der Waals surface area contributed by atoms with Crippen LogP contribution in [0.3, 0.4) is 0 Å². The van der Waals surface area contributed by atoms with Gasteiger partial charge >= 0.3 is 0 Å². The molecule has 14 heavy (non-hydrogen) atoms. The number of aliphatic hydroxyl groups excluding tert-OH is 1. The van der Waals surface area contributed by atoms with Gasteiger partial charge in [0, 0.05) is 0 Å². The Bertz CT molecular complexity index is 311. The lowest BCUT2D eigenvalue weighted by molar-refractivity contribution is -0.671. The van der Waals surface area contributed by atoms with Crippen LogP contribution in [0.25, 0.3) is 0 Å². The van der Waals surface area contributed by atoms with Crippen LogP contribution in [0.1, 0.15) is 19.3 Å². The number of aryl methyl sites for hydroxylation is 2. The normalized spacial score (nSPS) is 12.4. The number of rotatable bonds is 5. The number of hydrogen-bond donors (Lipinski definition) is 1. The Hall–Kier alpha value is -1.27. The number of hydrogen-bond acceptors (Lipinski definition) is 1. The largest absolute Gasteiger partial charge is 0.380 e. The molecule has 0 aliphatic rings. The second-order valence-corrected chi connectivity index (χ2v) is 3.50. The summed E-state index contributed by atoms with van der Waals surface area (Å²) in [5.41, 5.74) is 0. The van der Waals surface area contributed by atoms with E-state index in [-0.39, 0.29) is 0 Å². The van der Waals surface area contributed by atoms with Crippen LogP contribution in [0.15, 0.2) is 18.7 Å². The Kier molecular flexibility index (Phi) is 4.21. The highest BCUT2D eigenvalue weighted by Crippen LogP contribution is 2.01. The smallest absolute Gasteiger partial charge is 0.243 e. The summed E-state index contributed by atoms with van der Waals surface area (Å²) in [6.07, 6.45) is 13.3. The Labute approximate surface area is 85.0 Å². The van der Waals surface area contributed by atoms with Gasteiger partial charge in [-0.3, -0.25) is 0 Å². The molecule has 0 spiro atoms. The van der Waals surface area contributed by atoms with Gasteiger partial charge in [0.1, 0.15) is 18.5 Å². The number of aromatic nitrogens is 2. The minimum Gasteiger partial charge on any atom is -0.380 e. The minimum atomic E-state index is -0.573. The first-order valence-electron chi connectivity index (χ1n) is 4.87. The van der Waals surface area contributed by atoms with Gasteiger partial charge in [0.15, 0.2) is 0 Å². The molecule has 0 aliphatic heterocycles. The van der Waals surface area contributed by atoms with Crippen molar-refractivity contribution >= 4 is 0 Å². The molecule has 0 saturated carbocycles. The average Bonchev–Trinajstić information content (AvgIpc) is 2.58. The summed E-state index contributed by atoms with van der Waals surface area (Å²) in [6.45, 7) is 0.984. The van der Waals surface area contributed by atoms with E-state index in [1.165, 1.54) is 0 Å². The van der Waals surface area contributed by atoms with Crippen LogP contribution in [0.5, 0.6) is 0 Å². The molecular formula is C11H17N2O+. The van der Waals surface area contributed by atoms with E-state index >= 15 is 0 Å². The summed E-state index contributed by atoms with van der Waals surface area (Å²) in [7, 11) is 2.00. The lowest BCUT2D eigenvalue weighted by Crippen LogP contribution is -2.23. The van der Waals surface area contributed by atoms with E-state index < -0.39 is 6.10 Å². The molecular weight excluding hydrogens is 176 g/mol. The molecule has 3 nitrogen and oxygen atoms in total. The summed E-state index contributed by atoms with van der Waals surface area (Å²) in [5.74, 6) is 2.31. The van der Waals surface area contributed by atoms with Crippen LogP contribution in [0.4, 0.5) is 0 Å². The van der Waals surface area contributed by atoms with Crippen LogP contribution < -0.4 is 4.57 Å². The molecule has 3 heteroatoms. The molecule has 76 valence electrons. The quantitative estimate of drug-likeness (QED) is 0.411. The predicted molar refractivity (Wildman–Crippen MR) is 54.3 cm³/mol. The first-order chi connectivity index (χ1) is 6.72. The Morgan fingerprint density at radius 2 is 2.36 bits per heavy atom. The molecule has 0 fully saturated rings. The van der Waals surface area contributed by atoms with Crippen molar-refractivity contribution < 1.29 is 9.67 Å². The number of nitrogens with zero attached hydrogens (tertiary/aromatic N) is 2. The van der Waals surface area contributed by atoms with Gasteiger partial charge in [-0.05, 0) is 19.3 Å². The summed E-state index contributed by atoms with van der Waals surface area (Å²) < 4.78 is 4.14. The third kappa shape index (κ3) is 3.63. The fourth-order valence-electron chi connectivity index (χ4n) is 1.35. The van der Waals surface area contributed by atoms with E-state index in [1.807, 2.05) is 30.3 Å². The number of terminal acetylenes is 1. The zero-order valence-electron chi connectivity index (χ0n) is 8.56. The van der Waals surface area contributed by atoms with Gasteiger partial charge in [0.2, 0.25) is 6.33 Å². The van der Waals surface area contributed by atoms with E-state index in [2.05, 4.69) is 10.5 Å². The van der Waals surface area contributed by atoms with Crippen molar-refractivity contribution in [2.75, 3.05) is 0 Å². The van der Waals surface area contributed by atoms with E-state index in [0.29, 0.717) is 6.42 Å². The second kappa shape index (κ2) is 5.46. The highest BCUT2D eigenvalue weighted by Gasteiger charge is 2.01. The fraction of sp³-hybridized carbons (Fsp3) is 0.545. The Morgan fingerprint density at radius 3 is 2.93 bits per heavy atom. The van der Waals surface area contributed by atoms with Crippen LogP contribution in [-0.2, 0) is 13.6 Å². The second-order valence-electron chi connectivity index (χ2n) is 3.50. The number of imidazole rings is 1. The Balaban J connectivity index is 2.14. The molecule has 0 aromatic carbocycles. The van der Waals surface area contributed by atoms with E-state index in [4.69, 9.17) is 11.5 Å². The molecule has 0 saturated heterocycles. The van der Waals surface area contributed by atoms with Crippen molar-refractivity contribution in [3.05, 3.63) is 18.7 Å². The number of aliphatic hydroxyl groups is 1. The lowest BCUT2D eigenvalue weighted by atomic mass is 10.1. The van der Waals surface area contributed by atoms with Gasteiger partial charge in [-0.2, -0.15) is 0 Å². The molecule has 1 heterocycles. The van der Waals surface area contributed by atoms with E-state index in [1.54, 1.807) is 0 Å². The molecule has 0 radical (unpaired) electrons. The molecule has 0 aliphatic carbocycles. The summed E-state index contributed by atoms with van der Waals surface area (Å²) in [5, 5.41) is 9.11. The molecule has 1 unspecified atom stereocenters. The summed E-state index contributed by atoms with van der Waals surface area (Å²) in [4.78, 5) is 0. The molecule has 1 aromatic heterocycles. The summed E-state index contributed by atoms with van der Waals surface area (Å²) in [6, 6.07) is 0. The third-order valence-electron chi connectivity index (χ3n) is 2.16. The molecule has 1 atom stereocenters. The monoisotopic (exact) mass is 193 g/mol. The molecule has 1 N–H and O–H groups in total. The SMILES string of the molecule is C#CC(O)CCCCn1cc[n+](C)c1. The zero-order chi connectivity index (χ0) is 10.4. The van der Waals surface area contributed by atoms with Gasteiger partial charge < -0.3 is 5.11 Å². The van der Waals surface area contributed by atoms with Crippen molar-refractivity contribution in [1.29, 1.82) is 0 Å². The van der Waals surface area contributed by atoms with Crippen LogP contribution in [0, 0.1) is 12.3 Å². The van der Waals surface area contributed by atoms with Gasteiger partial charge in [-0.15, -0.1) is 6.42 Å². The van der Waals surface area contributed by atoms with Crippen molar-refractivity contribution in [2.24, 2.45) is 7.05 Å². The highest BCUT2D eigenvalue weighted by molar-refractivity contribution is 4.92. The molecule has 0 amide bonds. The highest BCUT2D eigenvalue weighted by atomic mass is 16.3. The molecule has 0 bridgehead atoms. The average molecular weight is 193 g/mol. The van der Waals surface area contributed by atoms with Crippen LogP contribution in [0.2, 0.25) is 0 Å². The predicted octanol–water partition coefficient (Wildman–Crippen LogP) is 0.477. The maximum Gasteiger partial charge on any atom is 0.243 e. The van der Waals surface area contributed by atoms with Gasteiger partial charge in [-0.1, -0.05) is 5.92 Å². The van der Waals surface area contributed by atoms with Crippen molar-refractivity contribution in [1.82, 2.24) is 4.57 Å². The van der Waals surface area contributed by atoms with E-state index in [9.17, 15) is 0 Å². The number of unbranched alkanes of at least 4 members (excludes halogenated alkanes) is 1. The first-order valence-corrected chi connectivity index (χ1v) is 4.87. The van der Waals surface area contributed by atoms with Crippen molar-refractivity contribution in [3.8, 4) is 12.3 Å². The maximum atomic E-state index is 9.11. The standard InChI is InChI=1S/C11H17N2O/c1-3-11(14)6-4-5-7-13-9-8-12(2)10-13/h1,8-11,14H,4-7H2,2H3/q+1. The Morgan fingerprint density at radius 1 is 1.57 bits per heavy atom. The lowest BCUT2D eigenvalue weighted by Gasteiger charge is -2.01. The minimum absolute atomic E-state index is 0.573. The third-order valence-corrected chi connectivity index (χ3v) is 2.16. The van der Waals surface area contributed by atoms with Crippen molar-refractivity contribution in [3.63, 3.8) is 0 Å². The maximum absolute atomic E-state index is 9.11. The zero-order valence-corrected chi connectivity index (χ0v) is 8.56. The van der Waals surface area contributed by atoms with Crippen LogP contribution in [-0.4, -0.2) is 15.8 Å². The van der Waals surface area contributed by atoms with E-state index in [0.717, 1.165) is 19.4 Å². The van der Waals surface area contributed by atoms with Gasteiger partial charge in [0.05, 0.1) is 13.6 Å².